The highest BCUT2D eigenvalue weighted by Gasteiger charge is 2.57. The van der Waals surface area contributed by atoms with E-state index in [2.05, 4.69) is 4.90 Å². The number of nitrogens with zero attached hydrogens (tertiary/aromatic N) is 1. The van der Waals surface area contributed by atoms with Crippen molar-refractivity contribution in [1.29, 1.82) is 0 Å². The minimum Gasteiger partial charge on any atom is -0.341 e. The summed E-state index contributed by atoms with van der Waals surface area (Å²) in [4.78, 5) is 14.4. The summed E-state index contributed by atoms with van der Waals surface area (Å²) in [6, 6.07) is 0. The molecule has 0 aromatic carbocycles. The maximum absolute atomic E-state index is 12.3. The van der Waals surface area contributed by atoms with E-state index in [9.17, 15) is 4.79 Å². The smallest absolute Gasteiger partial charge is 0.226 e. The van der Waals surface area contributed by atoms with Crippen LogP contribution in [-0.4, -0.2) is 23.9 Å². The van der Waals surface area contributed by atoms with Gasteiger partial charge in [0.15, 0.2) is 0 Å². The van der Waals surface area contributed by atoms with Gasteiger partial charge in [-0.3, -0.25) is 4.79 Å². The van der Waals surface area contributed by atoms with E-state index in [-0.39, 0.29) is 0 Å². The van der Waals surface area contributed by atoms with Gasteiger partial charge in [0, 0.05) is 24.4 Å². The highest BCUT2D eigenvalue weighted by atomic mass is 16.2. The molecule has 3 saturated carbocycles. The topological polar surface area (TPSA) is 20.3 Å². The fourth-order valence-corrected chi connectivity index (χ4v) is 4.23. The zero-order valence-corrected chi connectivity index (χ0v) is 10.7. The summed E-state index contributed by atoms with van der Waals surface area (Å²) in [5.41, 5.74) is 0.630. The van der Waals surface area contributed by atoms with Gasteiger partial charge in [0.1, 0.15) is 0 Å². The number of carbonyl (C=O) groups excluding carboxylic acids is 1. The Morgan fingerprint density at radius 1 is 1.06 bits per heavy atom. The van der Waals surface area contributed by atoms with Gasteiger partial charge in [-0.1, -0.05) is 32.1 Å². The molecule has 1 aliphatic heterocycles. The highest BCUT2D eigenvalue weighted by Crippen LogP contribution is 2.56. The molecule has 1 amide bonds. The summed E-state index contributed by atoms with van der Waals surface area (Å²) in [6.07, 6.45) is 11.0. The first-order valence-corrected chi connectivity index (χ1v) is 7.56. The van der Waals surface area contributed by atoms with Gasteiger partial charge in [0.2, 0.25) is 5.91 Å². The Kier molecular flexibility index (Phi) is 2.13. The Labute approximate surface area is 104 Å². The van der Waals surface area contributed by atoms with Crippen LogP contribution in [0, 0.1) is 23.2 Å². The summed E-state index contributed by atoms with van der Waals surface area (Å²) in [5.74, 6) is 2.62. The Morgan fingerprint density at radius 2 is 1.76 bits per heavy atom. The number of hydrogen-bond acceptors (Lipinski definition) is 1. The minimum absolute atomic E-state index is 0.439. The highest BCUT2D eigenvalue weighted by molar-refractivity contribution is 5.82. The molecule has 1 saturated heterocycles. The normalized spacial score (nSPS) is 38.9. The molecule has 1 spiro atoms. The van der Waals surface area contributed by atoms with E-state index in [0.717, 1.165) is 24.9 Å². The first kappa shape index (κ1) is 10.4. The average Bonchev–Trinajstić information content (AvgIpc) is 3.19. The van der Waals surface area contributed by atoms with Crippen LogP contribution in [0.2, 0.25) is 0 Å². The van der Waals surface area contributed by atoms with Crippen molar-refractivity contribution >= 4 is 5.91 Å². The Bertz CT molecular complexity index is 333. The van der Waals surface area contributed by atoms with Gasteiger partial charge in [0.25, 0.3) is 0 Å². The van der Waals surface area contributed by atoms with Gasteiger partial charge in [0.05, 0.1) is 0 Å². The molecule has 0 bridgehead atoms. The molecule has 1 heterocycles. The maximum atomic E-state index is 12.3. The van der Waals surface area contributed by atoms with Gasteiger partial charge in [-0.05, 0) is 31.1 Å². The van der Waals surface area contributed by atoms with Crippen LogP contribution in [-0.2, 0) is 4.79 Å². The second-order valence-corrected chi connectivity index (χ2v) is 7.10. The van der Waals surface area contributed by atoms with E-state index < -0.39 is 0 Å². The summed E-state index contributed by atoms with van der Waals surface area (Å²) < 4.78 is 0. The lowest BCUT2D eigenvalue weighted by atomic mass is 9.85. The Balaban J connectivity index is 1.30. The molecule has 17 heavy (non-hydrogen) atoms. The van der Waals surface area contributed by atoms with Crippen LogP contribution in [0.15, 0.2) is 0 Å². The van der Waals surface area contributed by atoms with Crippen molar-refractivity contribution in [3.63, 3.8) is 0 Å². The van der Waals surface area contributed by atoms with E-state index in [0.29, 0.717) is 17.2 Å². The molecule has 4 rings (SSSR count). The van der Waals surface area contributed by atoms with E-state index in [1.165, 1.54) is 51.4 Å². The van der Waals surface area contributed by atoms with Crippen molar-refractivity contribution in [3.05, 3.63) is 0 Å². The summed E-state index contributed by atoms with van der Waals surface area (Å²) >= 11 is 0. The monoisotopic (exact) mass is 233 g/mol. The number of amides is 1. The molecular weight excluding hydrogens is 210 g/mol. The molecular formula is C15H23NO. The quantitative estimate of drug-likeness (QED) is 0.718. The molecule has 2 atom stereocenters. The van der Waals surface area contributed by atoms with Gasteiger partial charge in [-0.2, -0.15) is 0 Å². The van der Waals surface area contributed by atoms with Gasteiger partial charge in [-0.15, -0.1) is 0 Å². The van der Waals surface area contributed by atoms with Crippen LogP contribution >= 0.6 is 0 Å². The first-order chi connectivity index (χ1) is 8.27. The zero-order valence-electron chi connectivity index (χ0n) is 10.7. The number of hydrogen-bond donors (Lipinski definition) is 0. The zero-order chi connectivity index (χ0) is 11.5. The average molecular weight is 233 g/mol. The molecule has 0 N–H and O–H groups in total. The van der Waals surface area contributed by atoms with Crippen LogP contribution in [0.5, 0.6) is 0 Å². The molecule has 0 aromatic heterocycles. The van der Waals surface area contributed by atoms with Crippen LogP contribution in [0.25, 0.3) is 0 Å². The fraction of sp³-hybridized carbons (Fsp3) is 0.933. The lowest BCUT2D eigenvalue weighted by Gasteiger charge is -2.40. The SMILES string of the molecule is O=C(C1CC1C1CCCCC1)N1CC2(CC2)C1. The fourth-order valence-electron chi connectivity index (χ4n) is 4.23. The van der Waals surface area contributed by atoms with Crippen LogP contribution in [0.4, 0.5) is 0 Å². The standard InChI is InChI=1S/C15H23NO/c17-14(16-9-15(10-16)6-7-15)13-8-12(13)11-4-2-1-3-5-11/h11-13H,1-10H2. The third kappa shape index (κ3) is 1.71. The predicted octanol–water partition coefficient (Wildman–Crippen LogP) is 2.83. The molecule has 2 nitrogen and oxygen atoms in total. The summed E-state index contributed by atoms with van der Waals surface area (Å²) in [6.45, 7) is 2.19. The first-order valence-electron chi connectivity index (χ1n) is 7.56. The lowest BCUT2D eigenvalue weighted by Crippen LogP contribution is -2.52. The van der Waals surface area contributed by atoms with E-state index >= 15 is 0 Å². The van der Waals surface area contributed by atoms with Crippen molar-refractivity contribution in [2.75, 3.05) is 13.1 Å². The molecule has 0 aromatic rings. The largest absolute Gasteiger partial charge is 0.341 e. The molecule has 0 radical (unpaired) electrons. The van der Waals surface area contributed by atoms with Crippen molar-refractivity contribution in [1.82, 2.24) is 4.90 Å². The Morgan fingerprint density at radius 3 is 2.41 bits per heavy atom. The number of likely N-dealkylation sites (tertiary alicyclic amines) is 1. The number of carbonyl (C=O) groups is 1. The third-order valence-electron chi connectivity index (χ3n) is 5.73. The van der Waals surface area contributed by atoms with E-state index in [1.54, 1.807) is 0 Å². The summed E-state index contributed by atoms with van der Waals surface area (Å²) in [5, 5.41) is 0. The van der Waals surface area contributed by atoms with Crippen LogP contribution < -0.4 is 0 Å². The van der Waals surface area contributed by atoms with E-state index in [4.69, 9.17) is 0 Å². The van der Waals surface area contributed by atoms with Crippen molar-refractivity contribution < 1.29 is 4.79 Å². The Hall–Kier alpha value is -0.530. The van der Waals surface area contributed by atoms with E-state index in [1.807, 2.05) is 0 Å². The van der Waals surface area contributed by atoms with Gasteiger partial charge in [-0.25, -0.2) is 0 Å². The molecule has 2 heteroatoms. The third-order valence-corrected chi connectivity index (χ3v) is 5.73. The second kappa shape index (κ2) is 3.49. The van der Waals surface area contributed by atoms with Crippen molar-refractivity contribution in [2.45, 2.75) is 51.4 Å². The maximum Gasteiger partial charge on any atom is 0.226 e. The molecule has 4 fully saturated rings. The summed E-state index contributed by atoms with van der Waals surface area (Å²) in [7, 11) is 0. The second-order valence-electron chi connectivity index (χ2n) is 7.10. The lowest BCUT2D eigenvalue weighted by molar-refractivity contribution is -0.140. The predicted molar refractivity (Wildman–Crippen MR) is 66.4 cm³/mol. The van der Waals surface area contributed by atoms with Gasteiger partial charge < -0.3 is 4.90 Å². The molecule has 4 aliphatic rings. The van der Waals surface area contributed by atoms with Crippen molar-refractivity contribution in [2.24, 2.45) is 23.2 Å². The minimum atomic E-state index is 0.439. The van der Waals surface area contributed by atoms with Crippen molar-refractivity contribution in [3.8, 4) is 0 Å². The van der Waals surface area contributed by atoms with Crippen LogP contribution in [0.1, 0.15) is 51.4 Å². The van der Waals surface area contributed by atoms with Gasteiger partial charge >= 0.3 is 0 Å². The van der Waals surface area contributed by atoms with Crippen LogP contribution in [0.3, 0.4) is 0 Å². The molecule has 94 valence electrons. The number of rotatable bonds is 2. The molecule has 2 unspecified atom stereocenters. The molecule has 3 aliphatic carbocycles.